The molecule has 0 aliphatic carbocycles. The Bertz CT molecular complexity index is 170. The second-order valence-electron chi connectivity index (χ2n) is 3.14. The van der Waals surface area contributed by atoms with Gasteiger partial charge >= 0.3 is 0 Å². The van der Waals surface area contributed by atoms with Crippen LogP contribution in [0.1, 0.15) is 19.8 Å². The lowest BCUT2D eigenvalue weighted by molar-refractivity contribution is 0.171. The van der Waals surface area contributed by atoms with Gasteiger partial charge in [0.15, 0.2) is 0 Å². The lowest BCUT2D eigenvalue weighted by Gasteiger charge is -2.16. The van der Waals surface area contributed by atoms with Crippen LogP contribution in [0.15, 0.2) is 0 Å². The molecule has 0 saturated carbocycles. The zero-order chi connectivity index (χ0) is 8.86. The number of ether oxygens (including phenoxy) is 1. The fraction of sp³-hybridized carbons (Fsp3) is 0.889. The summed E-state index contributed by atoms with van der Waals surface area (Å²) in [5, 5.41) is 8.98. The normalized spacial score (nSPS) is 28.7. The smallest absolute Gasteiger partial charge is 0.0836 e. The van der Waals surface area contributed by atoms with E-state index in [9.17, 15) is 0 Å². The number of hydrogen-bond acceptors (Lipinski definition) is 3. The van der Waals surface area contributed by atoms with E-state index in [0.717, 1.165) is 31.0 Å². The number of thioether (sulfide) groups is 1. The van der Waals surface area contributed by atoms with Crippen molar-refractivity contribution in [3.8, 4) is 6.07 Å². The highest BCUT2D eigenvalue weighted by atomic mass is 32.2. The van der Waals surface area contributed by atoms with E-state index in [-0.39, 0.29) is 5.41 Å². The van der Waals surface area contributed by atoms with Crippen LogP contribution in [0, 0.1) is 16.7 Å². The molecule has 1 atom stereocenters. The molecule has 0 bridgehead atoms. The fourth-order valence-corrected chi connectivity index (χ4v) is 2.18. The van der Waals surface area contributed by atoms with Crippen molar-refractivity contribution >= 4 is 11.8 Å². The van der Waals surface area contributed by atoms with Crippen molar-refractivity contribution in [2.75, 3.05) is 24.7 Å². The zero-order valence-electron chi connectivity index (χ0n) is 7.51. The van der Waals surface area contributed by atoms with Crippen LogP contribution in [0.3, 0.4) is 0 Å². The van der Waals surface area contributed by atoms with Crippen molar-refractivity contribution in [2.45, 2.75) is 19.8 Å². The Hall–Kier alpha value is -0.200. The van der Waals surface area contributed by atoms with Crippen molar-refractivity contribution in [2.24, 2.45) is 5.41 Å². The van der Waals surface area contributed by atoms with Crippen LogP contribution in [-0.2, 0) is 4.74 Å². The first-order chi connectivity index (χ1) is 5.83. The van der Waals surface area contributed by atoms with Gasteiger partial charge < -0.3 is 4.74 Å². The van der Waals surface area contributed by atoms with Crippen LogP contribution in [0.4, 0.5) is 0 Å². The minimum absolute atomic E-state index is 0.151. The Morgan fingerprint density at radius 1 is 1.67 bits per heavy atom. The largest absolute Gasteiger partial charge is 0.380 e. The van der Waals surface area contributed by atoms with Gasteiger partial charge in [-0.2, -0.15) is 17.0 Å². The average Bonchev–Trinajstić information content (AvgIpc) is 2.55. The molecule has 1 heterocycles. The second-order valence-corrected chi connectivity index (χ2v) is 4.54. The molecule has 2 nitrogen and oxygen atoms in total. The lowest BCUT2D eigenvalue weighted by Crippen LogP contribution is -2.19. The molecule has 0 radical (unpaired) electrons. The summed E-state index contributed by atoms with van der Waals surface area (Å²) < 4.78 is 5.25. The SMILES string of the molecule is CCSCCC1(C#N)CCOC1. The van der Waals surface area contributed by atoms with Crippen molar-refractivity contribution in [1.82, 2.24) is 0 Å². The molecule has 1 saturated heterocycles. The Morgan fingerprint density at radius 2 is 2.50 bits per heavy atom. The van der Waals surface area contributed by atoms with Gasteiger partial charge in [0.2, 0.25) is 0 Å². The van der Waals surface area contributed by atoms with E-state index in [1.807, 2.05) is 11.8 Å². The molecule has 1 aliphatic heterocycles. The Labute approximate surface area is 78.3 Å². The first kappa shape index (κ1) is 9.88. The standard InChI is InChI=1S/C9H15NOS/c1-2-12-6-4-9(7-10)3-5-11-8-9/h2-6,8H2,1H3. The van der Waals surface area contributed by atoms with Gasteiger partial charge in [-0.15, -0.1) is 0 Å². The van der Waals surface area contributed by atoms with E-state index in [2.05, 4.69) is 13.0 Å². The number of rotatable bonds is 4. The molecule has 3 heteroatoms. The van der Waals surface area contributed by atoms with Crippen LogP contribution < -0.4 is 0 Å². The molecule has 12 heavy (non-hydrogen) atoms. The van der Waals surface area contributed by atoms with E-state index in [4.69, 9.17) is 10.00 Å². The molecule has 0 amide bonds. The molecule has 1 fully saturated rings. The average molecular weight is 185 g/mol. The topological polar surface area (TPSA) is 33.0 Å². The van der Waals surface area contributed by atoms with Crippen molar-refractivity contribution in [3.63, 3.8) is 0 Å². The van der Waals surface area contributed by atoms with E-state index in [1.165, 1.54) is 0 Å². The molecule has 0 aromatic rings. The molecule has 1 unspecified atom stereocenters. The maximum atomic E-state index is 8.98. The Balaban J connectivity index is 2.30. The van der Waals surface area contributed by atoms with Gasteiger partial charge in [-0.25, -0.2) is 0 Å². The number of hydrogen-bond donors (Lipinski definition) is 0. The highest BCUT2D eigenvalue weighted by Gasteiger charge is 2.34. The van der Waals surface area contributed by atoms with Crippen LogP contribution in [0.25, 0.3) is 0 Å². The summed E-state index contributed by atoms with van der Waals surface area (Å²) in [6.45, 7) is 3.56. The fourth-order valence-electron chi connectivity index (χ4n) is 1.36. The molecule has 0 N–H and O–H groups in total. The van der Waals surface area contributed by atoms with Crippen LogP contribution in [0.5, 0.6) is 0 Å². The first-order valence-electron chi connectivity index (χ1n) is 4.40. The third-order valence-electron chi connectivity index (χ3n) is 2.27. The molecule has 0 aromatic carbocycles. The summed E-state index contributed by atoms with van der Waals surface area (Å²) in [4.78, 5) is 0. The summed E-state index contributed by atoms with van der Waals surface area (Å²) in [7, 11) is 0. The number of nitrogens with zero attached hydrogens (tertiary/aromatic N) is 1. The van der Waals surface area contributed by atoms with E-state index in [0.29, 0.717) is 6.61 Å². The first-order valence-corrected chi connectivity index (χ1v) is 5.55. The van der Waals surface area contributed by atoms with Gasteiger partial charge in [-0.05, 0) is 24.3 Å². The third kappa shape index (κ3) is 2.40. The molecule has 1 aliphatic rings. The minimum atomic E-state index is -0.151. The highest BCUT2D eigenvalue weighted by molar-refractivity contribution is 7.99. The predicted molar refractivity (Wildman–Crippen MR) is 51.1 cm³/mol. The Morgan fingerprint density at radius 3 is 3.00 bits per heavy atom. The van der Waals surface area contributed by atoms with Crippen LogP contribution >= 0.6 is 11.8 Å². The molecule has 0 aromatic heterocycles. The lowest BCUT2D eigenvalue weighted by atomic mass is 9.86. The molecule has 1 rings (SSSR count). The van der Waals surface area contributed by atoms with Gasteiger partial charge in [-0.1, -0.05) is 6.92 Å². The van der Waals surface area contributed by atoms with Gasteiger partial charge in [0.25, 0.3) is 0 Å². The molecule has 68 valence electrons. The monoisotopic (exact) mass is 185 g/mol. The summed E-state index contributed by atoms with van der Waals surface area (Å²) in [5.41, 5.74) is -0.151. The van der Waals surface area contributed by atoms with Crippen LogP contribution in [-0.4, -0.2) is 24.7 Å². The number of nitriles is 1. The van der Waals surface area contributed by atoms with Crippen molar-refractivity contribution in [3.05, 3.63) is 0 Å². The maximum Gasteiger partial charge on any atom is 0.0836 e. The van der Waals surface area contributed by atoms with Gasteiger partial charge in [0.1, 0.15) is 0 Å². The molecular weight excluding hydrogens is 170 g/mol. The Kier molecular flexibility index (Phi) is 3.90. The van der Waals surface area contributed by atoms with E-state index >= 15 is 0 Å². The summed E-state index contributed by atoms with van der Waals surface area (Å²) in [5.74, 6) is 2.23. The van der Waals surface area contributed by atoms with Crippen molar-refractivity contribution < 1.29 is 4.74 Å². The maximum absolute atomic E-state index is 8.98. The quantitative estimate of drug-likeness (QED) is 0.628. The summed E-state index contributed by atoms with van der Waals surface area (Å²) in [6, 6.07) is 2.40. The van der Waals surface area contributed by atoms with Crippen LogP contribution in [0.2, 0.25) is 0 Å². The summed E-state index contributed by atoms with van der Waals surface area (Å²) >= 11 is 1.90. The summed E-state index contributed by atoms with van der Waals surface area (Å²) in [6.07, 6.45) is 1.91. The highest BCUT2D eigenvalue weighted by Crippen LogP contribution is 2.32. The second kappa shape index (κ2) is 4.74. The molecule has 0 spiro atoms. The van der Waals surface area contributed by atoms with Gasteiger partial charge in [0, 0.05) is 6.61 Å². The molecular formula is C9H15NOS. The van der Waals surface area contributed by atoms with E-state index in [1.54, 1.807) is 0 Å². The minimum Gasteiger partial charge on any atom is -0.380 e. The zero-order valence-corrected chi connectivity index (χ0v) is 8.32. The van der Waals surface area contributed by atoms with E-state index < -0.39 is 0 Å². The van der Waals surface area contributed by atoms with Gasteiger partial charge in [0.05, 0.1) is 18.1 Å². The van der Waals surface area contributed by atoms with Gasteiger partial charge in [-0.3, -0.25) is 0 Å². The van der Waals surface area contributed by atoms with Crippen molar-refractivity contribution in [1.29, 1.82) is 5.26 Å². The predicted octanol–water partition coefficient (Wildman–Crippen LogP) is 2.06. The third-order valence-corrected chi connectivity index (χ3v) is 3.17.